The van der Waals surface area contributed by atoms with Gasteiger partial charge < -0.3 is 20.5 Å². The molecule has 0 fully saturated rings. The average Bonchev–Trinajstić information content (AvgIpc) is 2.44. The van der Waals surface area contributed by atoms with Crippen LogP contribution < -0.4 is 20.5 Å². The van der Waals surface area contributed by atoms with Crippen LogP contribution in [-0.2, 0) is 11.2 Å². The summed E-state index contributed by atoms with van der Waals surface area (Å²) in [5, 5.41) is 2.79. The number of nitrogens with one attached hydrogen (secondary N) is 1. The van der Waals surface area contributed by atoms with E-state index in [2.05, 4.69) is 5.32 Å². The van der Waals surface area contributed by atoms with Crippen LogP contribution in [0.4, 0.5) is 0 Å². The SMILES string of the molecule is CCNC(=O)C(CN)Cc1cc(OC)cc(OC)c1. The van der Waals surface area contributed by atoms with E-state index in [1.54, 1.807) is 20.3 Å². The molecule has 1 atom stereocenters. The summed E-state index contributed by atoms with van der Waals surface area (Å²) in [5.74, 6) is 1.16. The molecular weight excluding hydrogens is 244 g/mol. The summed E-state index contributed by atoms with van der Waals surface area (Å²) in [7, 11) is 3.20. The Hall–Kier alpha value is -1.75. The Morgan fingerprint density at radius 1 is 1.26 bits per heavy atom. The maximum atomic E-state index is 11.8. The Balaban J connectivity index is 2.86. The molecule has 1 amide bonds. The fourth-order valence-corrected chi connectivity index (χ4v) is 1.87. The number of hydrogen-bond acceptors (Lipinski definition) is 4. The summed E-state index contributed by atoms with van der Waals surface area (Å²) in [6.07, 6.45) is 0.565. The first-order chi connectivity index (χ1) is 9.14. The predicted molar refractivity (Wildman–Crippen MR) is 74.5 cm³/mol. The van der Waals surface area contributed by atoms with E-state index in [1.807, 2.05) is 19.1 Å². The van der Waals surface area contributed by atoms with Gasteiger partial charge in [-0.15, -0.1) is 0 Å². The van der Waals surface area contributed by atoms with Crippen molar-refractivity contribution in [2.45, 2.75) is 13.3 Å². The minimum atomic E-state index is -0.239. The van der Waals surface area contributed by atoms with Crippen molar-refractivity contribution in [3.63, 3.8) is 0 Å². The van der Waals surface area contributed by atoms with Crippen molar-refractivity contribution in [1.82, 2.24) is 5.32 Å². The molecule has 5 heteroatoms. The molecule has 0 aromatic heterocycles. The van der Waals surface area contributed by atoms with Gasteiger partial charge in [-0.25, -0.2) is 0 Å². The van der Waals surface area contributed by atoms with Crippen LogP contribution in [0.3, 0.4) is 0 Å². The van der Waals surface area contributed by atoms with Gasteiger partial charge in [0.1, 0.15) is 11.5 Å². The third-order valence-electron chi connectivity index (χ3n) is 2.90. The van der Waals surface area contributed by atoms with E-state index in [1.165, 1.54) is 0 Å². The minimum Gasteiger partial charge on any atom is -0.497 e. The van der Waals surface area contributed by atoms with E-state index in [4.69, 9.17) is 15.2 Å². The molecule has 0 aliphatic rings. The molecule has 0 radical (unpaired) electrons. The maximum Gasteiger partial charge on any atom is 0.224 e. The lowest BCUT2D eigenvalue weighted by atomic mass is 9.98. The molecule has 1 aromatic rings. The standard InChI is InChI=1S/C14H22N2O3/c1-4-16-14(17)11(9-15)5-10-6-12(18-2)8-13(7-10)19-3/h6-8,11H,4-5,9,15H2,1-3H3,(H,16,17). The molecule has 3 N–H and O–H groups in total. The molecular formula is C14H22N2O3. The van der Waals surface area contributed by atoms with Gasteiger partial charge in [-0.1, -0.05) is 0 Å². The number of benzene rings is 1. The highest BCUT2D eigenvalue weighted by molar-refractivity contribution is 5.79. The monoisotopic (exact) mass is 266 g/mol. The van der Waals surface area contributed by atoms with Crippen LogP contribution in [0.1, 0.15) is 12.5 Å². The molecule has 1 rings (SSSR count). The van der Waals surface area contributed by atoms with Crippen molar-refractivity contribution in [2.24, 2.45) is 11.7 Å². The largest absolute Gasteiger partial charge is 0.497 e. The van der Waals surface area contributed by atoms with Gasteiger partial charge in [-0.05, 0) is 31.0 Å². The molecule has 0 aliphatic heterocycles. The molecule has 0 heterocycles. The second-order valence-electron chi connectivity index (χ2n) is 4.25. The van der Waals surface area contributed by atoms with Crippen LogP contribution in [0.2, 0.25) is 0 Å². The van der Waals surface area contributed by atoms with Gasteiger partial charge in [0.2, 0.25) is 5.91 Å². The molecule has 106 valence electrons. The molecule has 0 saturated heterocycles. The Morgan fingerprint density at radius 3 is 2.26 bits per heavy atom. The summed E-state index contributed by atoms with van der Waals surface area (Å²) < 4.78 is 10.4. The van der Waals surface area contributed by atoms with E-state index < -0.39 is 0 Å². The van der Waals surface area contributed by atoms with Crippen molar-refractivity contribution < 1.29 is 14.3 Å². The minimum absolute atomic E-state index is 0.0215. The average molecular weight is 266 g/mol. The Labute approximate surface area is 114 Å². The van der Waals surface area contributed by atoms with Crippen LogP contribution in [0, 0.1) is 5.92 Å². The summed E-state index contributed by atoms with van der Waals surface area (Å²) in [5.41, 5.74) is 6.64. The first-order valence-electron chi connectivity index (χ1n) is 6.34. The Kier molecular flexibility index (Phi) is 6.15. The second kappa shape index (κ2) is 7.63. The number of nitrogens with two attached hydrogens (primary N) is 1. The smallest absolute Gasteiger partial charge is 0.224 e. The van der Waals surface area contributed by atoms with Crippen molar-refractivity contribution in [3.05, 3.63) is 23.8 Å². The zero-order valence-corrected chi connectivity index (χ0v) is 11.7. The number of carbonyl (C=O) groups is 1. The zero-order chi connectivity index (χ0) is 14.3. The summed E-state index contributed by atoms with van der Waals surface area (Å²) in [4.78, 5) is 11.8. The lowest BCUT2D eigenvalue weighted by Gasteiger charge is -2.15. The van der Waals surface area contributed by atoms with E-state index >= 15 is 0 Å². The lowest BCUT2D eigenvalue weighted by molar-refractivity contribution is -0.124. The number of hydrogen-bond donors (Lipinski definition) is 2. The van der Waals surface area contributed by atoms with Gasteiger partial charge in [0.25, 0.3) is 0 Å². The third kappa shape index (κ3) is 4.44. The van der Waals surface area contributed by atoms with E-state index in [0.29, 0.717) is 31.0 Å². The highest BCUT2D eigenvalue weighted by atomic mass is 16.5. The lowest BCUT2D eigenvalue weighted by Crippen LogP contribution is -2.36. The maximum absolute atomic E-state index is 11.8. The van der Waals surface area contributed by atoms with Gasteiger partial charge in [0, 0.05) is 19.2 Å². The van der Waals surface area contributed by atoms with Crippen LogP contribution in [-0.4, -0.2) is 33.2 Å². The molecule has 1 unspecified atom stereocenters. The van der Waals surface area contributed by atoms with Crippen LogP contribution in [0.25, 0.3) is 0 Å². The molecule has 0 bridgehead atoms. The summed E-state index contributed by atoms with van der Waals surface area (Å²) in [6, 6.07) is 5.59. The van der Waals surface area contributed by atoms with Gasteiger partial charge in [-0.2, -0.15) is 0 Å². The Bertz CT molecular complexity index is 399. The van der Waals surface area contributed by atoms with E-state index in [-0.39, 0.29) is 11.8 Å². The topological polar surface area (TPSA) is 73.6 Å². The predicted octanol–water partition coefficient (Wildman–Crippen LogP) is 0.957. The van der Waals surface area contributed by atoms with E-state index in [9.17, 15) is 4.79 Å². The van der Waals surface area contributed by atoms with Crippen molar-refractivity contribution in [1.29, 1.82) is 0 Å². The molecule has 1 aromatic carbocycles. The first kappa shape index (κ1) is 15.3. The highest BCUT2D eigenvalue weighted by Crippen LogP contribution is 2.24. The van der Waals surface area contributed by atoms with Crippen LogP contribution >= 0.6 is 0 Å². The van der Waals surface area contributed by atoms with Crippen LogP contribution in [0.5, 0.6) is 11.5 Å². The first-order valence-corrected chi connectivity index (χ1v) is 6.34. The van der Waals surface area contributed by atoms with Gasteiger partial charge in [0.15, 0.2) is 0 Å². The molecule has 19 heavy (non-hydrogen) atoms. The zero-order valence-electron chi connectivity index (χ0n) is 11.7. The molecule has 0 aliphatic carbocycles. The molecule has 0 saturated carbocycles. The number of carbonyl (C=O) groups excluding carboxylic acids is 1. The van der Waals surface area contributed by atoms with Gasteiger partial charge in [-0.3, -0.25) is 4.79 Å². The number of rotatable bonds is 7. The van der Waals surface area contributed by atoms with E-state index in [0.717, 1.165) is 5.56 Å². The number of methoxy groups -OCH3 is 2. The fraction of sp³-hybridized carbons (Fsp3) is 0.500. The fourth-order valence-electron chi connectivity index (χ4n) is 1.87. The van der Waals surface area contributed by atoms with Crippen molar-refractivity contribution in [3.8, 4) is 11.5 Å². The van der Waals surface area contributed by atoms with Gasteiger partial charge >= 0.3 is 0 Å². The summed E-state index contributed by atoms with van der Waals surface area (Å²) >= 11 is 0. The number of amides is 1. The van der Waals surface area contributed by atoms with Gasteiger partial charge in [0.05, 0.1) is 20.1 Å². The Morgan fingerprint density at radius 2 is 1.84 bits per heavy atom. The molecule has 0 spiro atoms. The summed E-state index contributed by atoms with van der Waals surface area (Å²) in [6.45, 7) is 2.81. The van der Waals surface area contributed by atoms with Crippen molar-refractivity contribution >= 4 is 5.91 Å². The number of ether oxygens (including phenoxy) is 2. The second-order valence-corrected chi connectivity index (χ2v) is 4.25. The van der Waals surface area contributed by atoms with Crippen LogP contribution in [0.15, 0.2) is 18.2 Å². The third-order valence-corrected chi connectivity index (χ3v) is 2.90. The van der Waals surface area contributed by atoms with Crippen molar-refractivity contribution in [2.75, 3.05) is 27.3 Å². The quantitative estimate of drug-likeness (QED) is 0.771. The highest BCUT2D eigenvalue weighted by Gasteiger charge is 2.17. The molecule has 5 nitrogen and oxygen atoms in total. The normalized spacial score (nSPS) is 11.8.